The highest BCUT2D eigenvalue weighted by molar-refractivity contribution is 8.01. The van der Waals surface area contributed by atoms with Gasteiger partial charge in [-0.3, -0.25) is 9.59 Å². The number of piperidine rings is 1. The molecule has 1 saturated heterocycles. The summed E-state index contributed by atoms with van der Waals surface area (Å²) in [4.78, 5) is 25.3. The number of nitrogens with zero attached hydrogens (tertiary/aromatic N) is 3. The second kappa shape index (κ2) is 9.00. The molecule has 0 radical (unpaired) electrons. The number of hydrogen-bond acceptors (Lipinski definition) is 7. The minimum atomic E-state index is -0.268. The summed E-state index contributed by atoms with van der Waals surface area (Å²) in [7, 11) is 0. The Morgan fingerprint density at radius 2 is 1.96 bits per heavy atom. The zero-order valence-electron chi connectivity index (χ0n) is 14.3. The van der Waals surface area contributed by atoms with E-state index in [1.165, 1.54) is 28.7 Å². The van der Waals surface area contributed by atoms with Crippen LogP contribution in [0.3, 0.4) is 0 Å². The lowest BCUT2D eigenvalue weighted by molar-refractivity contribution is -0.132. The molecule has 26 heavy (non-hydrogen) atoms. The Kier molecular flexibility index (Phi) is 6.45. The number of benzene rings is 1. The molecule has 9 heteroatoms. The molecule has 138 valence electrons. The molecule has 0 aliphatic carbocycles. The maximum atomic E-state index is 12.3. The van der Waals surface area contributed by atoms with Crippen molar-refractivity contribution in [1.82, 2.24) is 15.1 Å². The third kappa shape index (κ3) is 5.18. The summed E-state index contributed by atoms with van der Waals surface area (Å²) >= 11 is 2.84. The maximum Gasteiger partial charge on any atom is 0.233 e. The molecule has 2 aromatic rings. The summed E-state index contributed by atoms with van der Waals surface area (Å²) in [6, 6.07) is 10.1. The van der Waals surface area contributed by atoms with Gasteiger partial charge in [-0.05, 0) is 18.4 Å². The van der Waals surface area contributed by atoms with E-state index in [0.717, 1.165) is 9.47 Å². The first-order chi connectivity index (χ1) is 12.6. The zero-order chi connectivity index (χ0) is 18.4. The number of primary amides is 1. The van der Waals surface area contributed by atoms with E-state index in [4.69, 9.17) is 5.73 Å². The topological polar surface area (TPSA) is 101 Å². The highest BCUT2D eigenvalue weighted by Gasteiger charge is 2.25. The smallest absolute Gasteiger partial charge is 0.233 e. The number of anilines is 1. The van der Waals surface area contributed by atoms with E-state index >= 15 is 0 Å². The predicted octanol–water partition coefficient (Wildman–Crippen LogP) is 1.97. The molecule has 0 atom stereocenters. The molecule has 0 bridgehead atoms. The molecule has 0 unspecified atom stereocenters. The van der Waals surface area contributed by atoms with Crippen LogP contribution in [0.1, 0.15) is 18.4 Å². The molecular formula is C17H21N5O2S2. The first kappa shape index (κ1) is 18.7. The average molecular weight is 392 g/mol. The van der Waals surface area contributed by atoms with Crippen LogP contribution in [0, 0.1) is 5.92 Å². The molecule has 1 aromatic heterocycles. The minimum absolute atomic E-state index is 0.0620. The lowest BCUT2D eigenvalue weighted by Crippen LogP contribution is -2.42. The Morgan fingerprint density at radius 1 is 1.23 bits per heavy atom. The number of aromatic nitrogens is 2. The van der Waals surface area contributed by atoms with Crippen LogP contribution in [0.4, 0.5) is 5.13 Å². The van der Waals surface area contributed by atoms with Crippen molar-refractivity contribution in [2.24, 2.45) is 11.7 Å². The summed E-state index contributed by atoms with van der Waals surface area (Å²) in [5.41, 5.74) is 6.49. The van der Waals surface area contributed by atoms with Crippen LogP contribution in [0.5, 0.6) is 0 Å². The predicted molar refractivity (Wildman–Crippen MR) is 103 cm³/mol. The fraction of sp³-hybridized carbons (Fsp3) is 0.412. The van der Waals surface area contributed by atoms with Gasteiger partial charge in [-0.2, -0.15) is 0 Å². The number of nitrogens with two attached hydrogens (primary N) is 1. The van der Waals surface area contributed by atoms with Crippen molar-refractivity contribution in [3.8, 4) is 0 Å². The van der Waals surface area contributed by atoms with Gasteiger partial charge in [-0.25, -0.2) is 0 Å². The molecule has 3 N–H and O–H groups in total. The minimum Gasteiger partial charge on any atom is -0.369 e. The summed E-state index contributed by atoms with van der Waals surface area (Å²) in [6.45, 7) is 1.87. The fourth-order valence-electron chi connectivity index (χ4n) is 2.74. The third-order valence-corrected chi connectivity index (χ3v) is 6.26. The van der Waals surface area contributed by atoms with Crippen molar-refractivity contribution in [2.75, 3.05) is 24.2 Å². The molecule has 2 amide bonds. The number of amides is 2. The SMILES string of the molecule is NC(=O)C1CCN(C(=O)CSc2nnc(NCc3ccccc3)s2)CC1. The Morgan fingerprint density at radius 3 is 2.65 bits per heavy atom. The normalized spacial score (nSPS) is 15.0. The number of likely N-dealkylation sites (tertiary alicyclic amines) is 1. The van der Waals surface area contributed by atoms with E-state index in [9.17, 15) is 9.59 Å². The fourth-order valence-corrected chi connectivity index (χ4v) is 4.39. The van der Waals surface area contributed by atoms with E-state index in [2.05, 4.69) is 15.5 Å². The standard InChI is InChI=1S/C17H21N5O2S2/c18-15(24)13-6-8-22(9-7-13)14(23)11-25-17-21-20-16(26-17)19-10-12-4-2-1-3-5-12/h1-5,13H,6-11H2,(H2,18,24)(H,19,20). The van der Waals surface area contributed by atoms with Gasteiger partial charge in [0.15, 0.2) is 4.34 Å². The lowest BCUT2D eigenvalue weighted by atomic mass is 9.96. The van der Waals surface area contributed by atoms with Gasteiger partial charge < -0.3 is 16.0 Å². The first-order valence-electron chi connectivity index (χ1n) is 8.43. The molecule has 0 saturated carbocycles. The third-order valence-electron chi connectivity index (χ3n) is 4.26. The molecule has 1 fully saturated rings. The summed E-state index contributed by atoms with van der Waals surface area (Å²) in [6.07, 6.45) is 1.30. The highest BCUT2D eigenvalue weighted by Crippen LogP contribution is 2.26. The molecule has 1 aliphatic rings. The number of thioether (sulfide) groups is 1. The second-order valence-electron chi connectivity index (χ2n) is 6.06. The van der Waals surface area contributed by atoms with Crippen LogP contribution >= 0.6 is 23.1 Å². The van der Waals surface area contributed by atoms with Crippen molar-refractivity contribution in [2.45, 2.75) is 23.7 Å². The Bertz CT molecular complexity index is 745. The molecule has 7 nitrogen and oxygen atoms in total. The van der Waals surface area contributed by atoms with Gasteiger partial charge >= 0.3 is 0 Å². The van der Waals surface area contributed by atoms with Crippen molar-refractivity contribution in [3.63, 3.8) is 0 Å². The van der Waals surface area contributed by atoms with E-state index in [1.54, 1.807) is 4.90 Å². The molecule has 1 aromatic carbocycles. The molecule has 0 spiro atoms. The van der Waals surface area contributed by atoms with Crippen LogP contribution in [0.2, 0.25) is 0 Å². The lowest BCUT2D eigenvalue weighted by Gasteiger charge is -2.30. The zero-order valence-corrected chi connectivity index (χ0v) is 15.9. The number of carbonyl (C=O) groups excluding carboxylic acids is 2. The molecule has 2 heterocycles. The quantitative estimate of drug-likeness (QED) is 0.700. The number of rotatable bonds is 7. The van der Waals surface area contributed by atoms with Crippen molar-refractivity contribution >= 4 is 40.0 Å². The van der Waals surface area contributed by atoms with Crippen LogP contribution < -0.4 is 11.1 Å². The van der Waals surface area contributed by atoms with Gasteiger partial charge in [-0.1, -0.05) is 53.4 Å². The molecular weight excluding hydrogens is 370 g/mol. The highest BCUT2D eigenvalue weighted by atomic mass is 32.2. The van der Waals surface area contributed by atoms with Gasteiger partial charge in [0.25, 0.3) is 0 Å². The van der Waals surface area contributed by atoms with Crippen molar-refractivity contribution < 1.29 is 9.59 Å². The van der Waals surface area contributed by atoms with Crippen molar-refractivity contribution in [1.29, 1.82) is 0 Å². The largest absolute Gasteiger partial charge is 0.369 e. The summed E-state index contributed by atoms with van der Waals surface area (Å²) in [5, 5.41) is 12.2. The van der Waals surface area contributed by atoms with Crippen LogP contribution in [-0.4, -0.2) is 45.8 Å². The van der Waals surface area contributed by atoms with E-state index in [1.807, 2.05) is 30.3 Å². The van der Waals surface area contributed by atoms with Gasteiger partial charge in [0.1, 0.15) is 0 Å². The van der Waals surface area contributed by atoms with Gasteiger partial charge in [0.2, 0.25) is 16.9 Å². The first-order valence-corrected chi connectivity index (χ1v) is 10.2. The Hall–Kier alpha value is -2.13. The average Bonchev–Trinajstić information content (AvgIpc) is 3.13. The summed E-state index contributed by atoms with van der Waals surface area (Å²) < 4.78 is 0.765. The number of carbonyl (C=O) groups is 2. The summed E-state index contributed by atoms with van der Waals surface area (Å²) in [5.74, 6) is 0.0186. The van der Waals surface area contributed by atoms with Gasteiger partial charge in [-0.15, -0.1) is 10.2 Å². The Labute approximate surface area is 160 Å². The van der Waals surface area contributed by atoms with Gasteiger partial charge in [0.05, 0.1) is 5.75 Å². The van der Waals surface area contributed by atoms with E-state index in [0.29, 0.717) is 38.2 Å². The Balaban J connectivity index is 1.42. The van der Waals surface area contributed by atoms with E-state index < -0.39 is 0 Å². The van der Waals surface area contributed by atoms with Crippen LogP contribution in [0.25, 0.3) is 0 Å². The number of hydrogen-bond donors (Lipinski definition) is 2. The molecule has 3 rings (SSSR count). The monoisotopic (exact) mass is 391 g/mol. The van der Waals surface area contributed by atoms with Gasteiger partial charge in [0, 0.05) is 25.6 Å². The molecule has 1 aliphatic heterocycles. The van der Waals surface area contributed by atoms with E-state index in [-0.39, 0.29) is 17.7 Å². The van der Waals surface area contributed by atoms with Crippen LogP contribution in [-0.2, 0) is 16.1 Å². The maximum absolute atomic E-state index is 12.3. The number of nitrogens with one attached hydrogen (secondary N) is 1. The van der Waals surface area contributed by atoms with Crippen LogP contribution in [0.15, 0.2) is 34.7 Å². The van der Waals surface area contributed by atoms with Crippen molar-refractivity contribution in [3.05, 3.63) is 35.9 Å². The second-order valence-corrected chi connectivity index (χ2v) is 8.26.